The maximum Gasteiger partial charge on any atom is 0.354 e. The van der Waals surface area contributed by atoms with Gasteiger partial charge < -0.3 is 9.67 Å². The number of carboxylic acids is 1. The molecule has 172 valence electrons. The summed E-state index contributed by atoms with van der Waals surface area (Å²) in [6.45, 7) is 1.93. The molecule has 0 aliphatic carbocycles. The summed E-state index contributed by atoms with van der Waals surface area (Å²) in [6, 6.07) is 7.82. The number of hydrogen-bond acceptors (Lipinski definition) is 4. The molecule has 0 amide bonds. The highest BCUT2D eigenvalue weighted by Gasteiger charge is 2.36. The fourth-order valence-electron chi connectivity index (χ4n) is 4.34. The molecular formula is C21H20FN5O5S. The van der Waals surface area contributed by atoms with E-state index >= 15 is 0 Å². The van der Waals surface area contributed by atoms with E-state index in [1.807, 2.05) is 13.0 Å². The zero-order valence-electron chi connectivity index (χ0n) is 17.5. The van der Waals surface area contributed by atoms with Crippen LogP contribution in [0.3, 0.4) is 0 Å². The zero-order chi connectivity index (χ0) is 23.5. The summed E-state index contributed by atoms with van der Waals surface area (Å²) < 4.78 is 44.9. The van der Waals surface area contributed by atoms with Crippen LogP contribution in [-0.2, 0) is 23.2 Å². The van der Waals surface area contributed by atoms with Crippen LogP contribution in [0.25, 0.3) is 21.8 Å². The molecule has 4 N–H and O–H groups in total. The number of carboxylic acid groups (broad SMARTS) is 1. The maximum absolute atomic E-state index is 14.9. The molecule has 4 aromatic rings. The summed E-state index contributed by atoms with van der Waals surface area (Å²) in [7, 11) is -3.92. The first kappa shape index (κ1) is 21.2. The van der Waals surface area contributed by atoms with Crippen LogP contribution in [0, 0.1) is 5.82 Å². The standard InChI is InChI=1S/C21H20FN5O5S/c1-2-11-3-4-17-14(7-11)18(27-6-5-23-33(27,31)32)19(21(29)30)26(17)10-12-8-13-16(9-15(12)22)24-25-20(13)28/h3-4,7-9,23H,2,5-6,10H2,1H3,(H,29,30)(H2,24,25,28). The molecule has 12 heteroatoms. The number of aromatic nitrogens is 3. The van der Waals surface area contributed by atoms with E-state index in [0.29, 0.717) is 22.8 Å². The van der Waals surface area contributed by atoms with E-state index in [2.05, 4.69) is 14.9 Å². The molecule has 3 heterocycles. The van der Waals surface area contributed by atoms with Gasteiger partial charge in [0.05, 0.1) is 28.7 Å². The molecule has 2 aromatic heterocycles. The predicted octanol–water partition coefficient (Wildman–Crippen LogP) is 1.91. The normalized spacial score (nSPS) is 15.6. The number of hydrogen-bond donors (Lipinski definition) is 4. The number of rotatable bonds is 5. The first-order valence-corrected chi connectivity index (χ1v) is 11.7. The van der Waals surface area contributed by atoms with Crippen LogP contribution in [0.2, 0.25) is 0 Å². The van der Waals surface area contributed by atoms with Gasteiger partial charge in [-0.15, -0.1) is 0 Å². The van der Waals surface area contributed by atoms with Gasteiger partial charge in [0.2, 0.25) is 0 Å². The highest BCUT2D eigenvalue weighted by molar-refractivity contribution is 7.91. The Hall–Kier alpha value is -3.64. The summed E-state index contributed by atoms with van der Waals surface area (Å²) in [4.78, 5) is 24.4. The van der Waals surface area contributed by atoms with Crippen LogP contribution in [0.4, 0.5) is 10.1 Å². The second-order valence-corrected chi connectivity index (χ2v) is 9.51. The Bertz CT molecular complexity index is 1600. The molecule has 2 aromatic carbocycles. The molecular weight excluding hydrogens is 453 g/mol. The van der Waals surface area contributed by atoms with Gasteiger partial charge in [-0.25, -0.2) is 9.18 Å². The number of anilines is 1. The van der Waals surface area contributed by atoms with E-state index in [1.54, 1.807) is 12.1 Å². The van der Waals surface area contributed by atoms with E-state index in [9.17, 15) is 27.5 Å². The van der Waals surface area contributed by atoms with Crippen molar-refractivity contribution in [1.82, 2.24) is 19.5 Å². The van der Waals surface area contributed by atoms with Gasteiger partial charge in [-0.1, -0.05) is 13.0 Å². The van der Waals surface area contributed by atoms with Crippen molar-refractivity contribution in [3.63, 3.8) is 0 Å². The van der Waals surface area contributed by atoms with Gasteiger partial charge in [0.15, 0.2) is 5.69 Å². The molecule has 0 atom stereocenters. The first-order valence-electron chi connectivity index (χ1n) is 10.3. The van der Waals surface area contributed by atoms with E-state index < -0.39 is 27.6 Å². The van der Waals surface area contributed by atoms with Crippen molar-refractivity contribution in [3.8, 4) is 0 Å². The van der Waals surface area contributed by atoms with Crippen LogP contribution in [0.1, 0.15) is 28.5 Å². The Kier molecular flexibility index (Phi) is 4.79. The van der Waals surface area contributed by atoms with Gasteiger partial charge in [0.25, 0.3) is 5.56 Å². The Balaban J connectivity index is 1.80. The third kappa shape index (κ3) is 3.29. The molecule has 5 rings (SSSR count). The van der Waals surface area contributed by atoms with Crippen LogP contribution >= 0.6 is 0 Å². The topological polar surface area (TPSA) is 140 Å². The molecule has 0 saturated carbocycles. The molecule has 0 unspecified atom stereocenters. The Morgan fingerprint density at radius 1 is 1.18 bits per heavy atom. The van der Waals surface area contributed by atoms with Crippen molar-refractivity contribution >= 4 is 43.7 Å². The molecule has 1 fully saturated rings. The summed E-state index contributed by atoms with van der Waals surface area (Å²) >= 11 is 0. The number of aromatic carboxylic acids is 1. The minimum Gasteiger partial charge on any atom is -0.477 e. The molecule has 10 nitrogen and oxygen atoms in total. The van der Waals surface area contributed by atoms with Crippen LogP contribution in [0.15, 0.2) is 35.1 Å². The summed E-state index contributed by atoms with van der Waals surface area (Å²) in [6.07, 6.45) is 0.662. The minimum absolute atomic E-state index is 0.0405. The van der Waals surface area contributed by atoms with E-state index in [4.69, 9.17) is 0 Å². The number of nitrogens with zero attached hydrogens (tertiary/aromatic N) is 2. The summed E-state index contributed by atoms with van der Waals surface area (Å²) in [5.74, 6) is -1.97. The smallest absolute Gasteiger partial charge is 0.354 e. The SMILES string of the molecule is CCc1ccc2c(c1)c(N1CCNS1(=O)=O)c(C(=O)O)n2Cc1cc2c(=O)[nH][nH]c2cc1F. The number of H-pyrrole nitrogens is 2. The third-order valence-electron chi connectivity index (χ3n) is 5.92. The van der Waals surface area contributed by atoms with Gasteiger partial charge in [-0.3, -0.25) is 19.3 Å². The maximum atomic E-state index is 14.9. The number of fused-ring (bicyclic) bond motifs is 2. The van der Waals surface area contributed by atoms with Crippen molar-refractivity contribution in [2.75, 3.05) is 17.4 Å². The first-order chi connectivity index (χ1) is 15.7. The molecule has 1 aliphatic heterocycles. The average molecular weight is 473 g/mol. The van der Waals surface area contributed by atoms with Crippen molar-refractivity contribution in [2.45, 2.75) is 19.9 Å². The van der Waals surface area contributed by atoms with Crippen molar-refractivity contribution in [1.29, 1.82) is 0 Å². The van der Waals surface area contributed by atoms with E-state index in [0.717, 1.165) is 9.87 Å². The summed E-state index contributed by atoms with van der Waals surface area (Å²) in [5.41, 5.74) is 1.08. The third-order valence-corrected chi connectivity index (χ3v) is 7.44. The number of halogens is 1. The lowest BCUT2D eigenvalue weighted by Gasteiger charge is -2.17. The molecule has 0 radical (unpaired) electrons. The second-order valence-electron chi connectivity index (χ2n) is 7.83. The van der Waals surface area contributed by atoms with Crippen LogP contribution < -0.4 is 14.6 Å². The van der Waals surface area contributed by atoms with Crippen molar-refractivity contribution in [3.05, 3.63) is 63.3 Å². The average Bonchev–Trinajstić information content (AvgIpc) is 3.41. The molecule has 1 saturated heterocycles. The Morgan fingerprint density at radius 2 is 1.97 bits per heavy atom. The van der Waals surface area contributed by atoms with Crippen molar-refractivity contribution < 1.29 is 22.7 Å². The lowest BCUT2D eigenvalue weighted by molar-refractivity contribution is 0.0687. The monoisotopic (exact) mass is 473 g/mol. The number of nitrogens with one attached hydrogen (secondary N) is 3. The van der Waals surface area contributed by atoms with Gasteiger partial charge in [0.1, 0.15) is 5.82 Å². The van der Waals surface area contributed by atoms with Gasteiger partial charge in [0, 0.05) is 24.0 Å². The lowest BCUT2D eigenvalue weighted by atomic mass is 10.1. The quantitative estimate of drug-likeness (QED) is 0.351. The second kappa shape index (κ2) is 7.46. The zero-order valence-corrected chi connectivity index (χ0v) is 18.3. The van der Waals surface area contributed by atoms with Crippen LogP contribution in [0.5, 0.6) is 0 Å². The molecule has 1 aliphatic rings. The van der Waals surface area contributed by atoms with Gasteiger partial charge in [-0.2, -0.15) is 13.1 Å². The summed E-state index contributed by atoms with van der Waals surface area (Å²) in [5, 5.41) is 15.8. The number of aromatic amines is 2. The number of carbonyl (C=O) groups is 1. The fourth-order valence-corrected chi connectivity index (χ4v) is 5.60. The largest absolute Gasteiger partial charge is 0.477 e. The highest BCUT2D eigenvalue weighted by Crippen LogP contribution is 2.38. The highest BCUT2D eigenvalue weighted by atomic mass is 32.2. The van der Waals surface area contributed by atoms with E-state index in [-0.39, 0.29) is 42.0 Å². The van der Waals surface area contributed by atoms with Gasteiger partial charge in [-0.05, 0) is 36.2 Å². The fraction of sp³-hybridized carbons (Fsp3) is 0.238. The van der Waals surface area contributed by atoms with Crippen molar-refractivity contribution in [2.24, 2.45) is 0 Å². The number of aryl methyl sites for hydroxylation is 1. The molecule has 0 bridgehead atoms. The van der Waals surface area contributed by atoms with Crippen LogP contribution in [-0.4, -0.2) is 47.3 Å². The van der Waals surface area contributed by atoms with E-state index in [1.165, 1.54) is 16.7 Å². The molecule has 33 heavy (non-hydrogen) atoms. The number of benzene rings is 2. The Morgan fingerprint density at radius 3 is 2.64 bits per heavy atom. The Labute approximate surface area is 186 Å². The van der Waals surface area contributed by atoms with Gasteiger partial charge >= 0.3 is 16.2 Å². The predicted molar refractivity (Wildman–Crippen MR) is 121 cm³/mol. The lowest BCUT2D eigenvalue weighted by Crippen LogP contribution is -2.30. The minimum atomic E-state index is -3.92. The molecule has 0 spiro atoms.